The Hall–Kier alpha value is -1.62. The number of nitrogens with one attached hydrogen (secondary N) is 2. The van der Waals surface area contributed by atoms with Crippen molar-refractivity contribution in [2.75, 3.05) is 20.1 Å². The molecule has 98 valence electrons. The molecule has 1 aliphatic rings. The molecule has 0 saturated carbocycles. The van der Waals surface area contributed by atoms with Gasteiger partial charge in [0.1, 0.15) is 5.56 Å². The number of aromatic amines is 1. The number of aromatic nitrogens is 1. The van der Waals surface area contributed by atoms with Gasteiger partial charge >= 0.3 is 0 Å². The van der Waals surface area contributed by atoms with E-state index in [0.29, 0.717) is 12.6 Å². The van der Waals surface area contributed by atoms with Gasteiger partial charge in [0.15, 0.2) is 0 Å². The zero-order valence-electron chi connectivity index (χ0n) is 10.8. The highest BCUT2D eigenvalue weighted by Gasteiger charge is 2.21. The van der Waals surface area contributed by atoms with Gasteiger partial charge in [0.05, 0.1) is 0 Å². The SMILES string of the molecule is Cc1ccc(C(=O)NCC2CCCN2C)c(=O)[nH]1. The van der Waals surface area contributed by atoms with E-state index < -0.39 is 0 Å². The topological polar surface area (TPSA) is 65.2 Å². The number of nitrogens with zero attached hydrogens (tertiary/aromatic N) is 1. The van der Waals surface area contributed by atoms with Gasteiger partial charge in [0, 0.05) is 18.3 Å². The van der Waals surface area contributed by atoms with Gasteiger partial charge in [0.2, 0.25) is 0 Å². The Bertz CT molecular complexity index is 495. The Labute approximate surface area is 106 Å². The molecule has 1 amide bonds. The maximum atomic E-state index is 11.9. The van der Waals surface area contributed by atoms with E-state index in [4.69, 9.17) is 0 Å². The van der Waals surface area contributed by atoms with Crippen LogP contribution in [0.25, 0.3) is 0 Å². The number of likely N-dealkylation sites (tertiary alicyclic amines) is 1. The fourth-order valence-corrected chi connectivity index (χ4v) is 2.29. The average molecular weight is 249 g/mol. The molecule has 2 N–H and O–H groups in total. The van der Waals surface area contributed by atoms with Crippen LogP contribution in [0.2, 0.25) is 0 Å². The molecule has 5 heteroatoms. The maximum absolute atomic E-state index is 11.9. The summed E-state index contributed by atoms with van der Waals surface area (Å²) in [4.78, 5) is 28.4. The number of hydrogen-bond acceptors (Lipinski definition) is 3. The van der Waals surface area contributed by atoms with Crippen molar-refractivity contribution in [1.29, 1.82) is 0 Å². The van der Waals surface area contributed by atoms with Gasteiger partial charge in [-0.25, -0.2) is 0 Å². The molecule has 0 aromatic carbocycles. The minimum Gasteiger partial charge on any atom is -0.350 e. The van der Waals surface area contributed by atoms with Crippen LogP contribution < -0.4 is 10.9 Å². The summed E-state index contributed by atoms with van der Waals surface area (Å²) in [7, 11) is 2.06. The number of pyridine rings is 1. The van der Waals surface area contributed by atoms with Crippen LogP contribution in [-0.2, 0) is 0 Å². The second-order valence-corrected chi connectivity index (χ2v) is 4.87. The fraction of sp³-hybridized carbons (Fsp3) is 0.538. The molecule has 1 aromatic heterocycles. The lowest BCUT2D eigenvalue weighted by atomic mass is 10.2. The zero-order chi connectivity index (χ0) is 13.1. The molecule has 1 aliphatic heterocycles. The predicted molar refractivity (Wildman–Crippen MR) is 69.8 cm³/mol. The first kappa shape index (κ1) is 12.8. The molecule has 1 unspecified atom stereocenters. The van der Waals surface area contributed by atoms with Crippen molar-refractivity contribution in [3.63, 3.8) is 0 Å². The number of rotatable bonds is 3. The third kappa shape index (κ3) is 2.79. The Balaban J connectivity index is 1.97. The van der Waals surface area contributed by atoms with Gasteiger partial charge in [-0.2, -0.15) is 0 Å². The van der Waals surface area contributed by atoms with E-state index in [2.05, 4.69) is 22.2 Å². The summed E-state index contributed by atoms with van der Waals surface area (Å²) in [6.45, 7) is 3.46. The smallest absolute Gasteiger partial charge is 0.260 e. The Kier molecular flexibility index (Phi) is 3.81. The highest BCUT2D eigenvalue weighted by molar-refractivity contribution is 5.93. The summed E-state index contributed by atoms with van der Waals surface area (Å²) >= 11 is 0. The van der Waals surface area contributed by atoms with Gasteiger partial charge < -0.3 is 15.2 Å². The van der Waals surface area contributed by atoms with Crippen molar-refractivity contribution in [2.45, 2.75) is 25.8 Å². The van der Waals surface area contributed by atoms with E-state index in [1.807, 2.05) is 0 Å². The summed E-state index contributed by atoms with van der Waals surface area (Å²) in [5.74, 6) is -0.295. The van der Waals surface area contributed by atoms with Crippen molar-refractivity contribution in [2.24, 2.45) is 0 Å². The Morgan fingerprint density at radius 1 is 1.56 bits per heavy atom. The molecule has 0 bridgehead atoms. The number of likely N-dealkylation sites (N-methyl/N-ethyl adjacent to an activating group) is 1. The minimum atomic E-state index is -0.327. The molecule has 0 spiro atoms. The standard InChI is InChI=1S/C13H19N3O2/c1-9-5-6-11(13(18)15-9)12(17)14-8-10-4-3-7-16(10)2/h5-6,10H,3-4,7-8H2,1-2H3,(H,14,17)(H,15,18). The van der Waals surface area contributed by atoms with Gasteiger partial charge in [-0.1, -0.05) is 0 Å². The molecule has 18 heavy (non-hydrogen) atoms. The van der Waals surface area contributed by atoms with Crippen molar-refractivity contribution in [3.8, 4) is 0 Å². The van der Waals surface area contributed by atoms with Crippen LogP contribution in [0.4, 0.5) is 0 Å². The van der Waals surface area contributed by atoms with Crippen molar-refractivity contribution in [1.82, 2.24) is 15.2 Å². The summed E-state index contributed by atoms with van der Waals surface area (Å²) in [6.07, 6.45) is 2.27. The van der Waals surface area contributed by atoms with Crippen LogP contribution in [0.15, 0.2) is 16.9 Å². The molecule has 1 atom stereocenters. The van der Waals surface area contributed by atoms with Crippen molar-refractivity contribution < 1.29 is 4.79 Å². The quantitative estimate of drug-likeness (QED) is 0.820. The number of carbonyl (C=O) groups excluding carboxylic acids is 1. The lowest BCUT2D eigenvalue weighted by molar-refractivity contribution is 0.0942. The number of amides is 1. The van der Waals surface area contributed by atoms with Crippen molar-refractivity contribution in [3.05, 3.63) is 33.7 Å². The molecule has 2 heterocycles. The first-order valence-electron chi connectivity index (χ1n) is 6.26. The van der Waals surface area contributed by atoms with E-state index in [1.54, 1.807) is 19.1 Å². The number of hydrogen-bond donors (Lipinski definition) is 2. The second kappa shape index (κ2) is 5.35. The van der Waals surface area contributed by atoms with Gasteiger partial charge in [-0.05, 0) is 45.5 Å². The lowest BCUT2D eigenvalue weighted by Gasteiger charge is -2.19. The van der Waals surface area contributed by atoms with E-state index >= 15 is 0 Å². The first-order chi connectivity index (χ1) is 8.58. The maximum Gasteiger partial charge on any atom is 0.260 e. The number of H-pyrrole nitrogens is 1. The third-order valence-corrected chi connectivity index (χ3v) is 3.47. The van der Waals surface area contributed by atoms with Gasteiger partial charge in [-0.3, -0.25) is 9.59 Å². The Morgan fingerprint density at radius 3 is 2.94 bits per heavy atom. The molecule has 1 saturated heterocycles. The highest BCUT2D eigenvalue weighted by atomic mass is 16.2. The van der Waals surface area contributed by atoms with Crippen molar-refractivity contribution >= 4 is 5.91 Å². The van der Waals surface area contributed by atoms with E-state index in [0.717, 1.165) is 18.7 Å². The lowest BCUT2D eigenvalue weighted by Crippen LogP contribution is -2.39. The summed E-state index contributed by atoms with van der Waals surface area (Å²) in [5, 5.41) is 2.83. The monoisotopic (exact) mass is 249 g/mol. The Morgan fingerprint density at radius 2 is 2.33 bits per heavy atom. The highest BCUT2D eigenvalue weighted by Crippen LogP contribution is 2.13. The molecule has 1 aromatic rings. The van der Waals surface area contributed by atoms with E-state index in [9.17, 15) is 9.59 Å². The summed E-state index contributed by atoms with van der Waals surface area (Å²) in [5.41, 5.74) is 0.612. The van der Waals surface area contributed by atoms with Gasteiger partial charge in [0.25, 0.3) is 11.5 Å². The van der Waals surface area contributed by atoms with E-state index in [1.165, 1.54) is 6.42 Å². The normalized spacial score (nSPS) is 20.0. The third-order valence-electron chi connectivity index (χ3n) is 3.47. The second-order valence-electron chi connectivity index (χ2n) is 4.87. The predicted octanol–water partition coefficient (Wildman–Crippen LogP) is 0.507. The molecular weight excluding hydrogens is 230 g/mol. The summed E-state index contributed by atoms with van der Waals surface area (Å²) < 4.78 is 0. The van der Waals surface area contributed by atoms with Gasteiger partial charge in [-0.15, -0.1) is 0 Å². The average Bonchev–Trinajstić information content (AvgIpc) is 2.72. The molecule has 2 rings (SSSR count). The first-order valence-corrected chi connectivity index (χ1v) is 6.26. The van der Waals surface area contributed by atoms with E-state index in [-0.39, 0.29) is 17.0 Å². The summed E-state index contributed by atoms with van der Waals surface area (Å²) in [6, 6.07) is 3.69. The fourth-order valence-electron chi connectivity index (χ4n) is 2.29. The van der Waals surface area contributed by atoms with Crippen LogP contribution in [0.5, 0.6) is 0 Å². The number of aryl methyl sites for hydroxylation is 1. The van der Waals surface area contributed by atoms with Crippen LogP contribution in [0.3, 0.4) is 0 Å². The van der Waals surface area contributed by atoms with Crippen LogP contribution in [-0.4, -0.2) is 42.0 Å². The minimum absolute atomic E-state index is 0.182. The molecule has 0 aliphatic carbocycles. The zero-order valence-corrected chi connectivity index (χ0v) is 10.8. The largest absolute Gasteiger partial charge is 0.350 e. The molecule has 0 radical (unpaired) electrons. The van der Waals surface area contributed by atoms with Crippen LogP contribution in [0, 0.1) is 6.92 Å². The molecular formula is C13H19N3O2. The van der Waals surface area contributed by atoms with Crippen LogP contribution >= 0.6 is 0 Å². The number of carbonyl (C=O) groups is 1. The molecule has 1 fully saturated rings. The van der Waals surface area contributed by atoms with Crippen LogP contribution in [0.1, 0.15) is 28.9 Å². The molecule has 5 nitrogen and oxygen atoms in total.